The second-order valence-corrected chi connectivity index (χ2v) is 14.5. The molecule has 262 valence electrons. The zero-order valence-electron chi connectivity index (χ0n) is 30.7. The van der Waals surface area contributed by atoms with E-state index >= 15 is 0 Å². The largest absolute Gasteiger partial charge is 0.310 e. The molecule has 0 saturated carbocycles. The smallest absolute Gasteiger partial charge is 0.0541 e. The molecule has 0 atom stereocenters. The summed E-state index contributed by atoms with van der Waals surface area (Å²) in [5.41, 5.74) is 11.7. The number of hydrogen-bond donors (Lipinski definition) is 0. The Labute approximate surface area is 325 Å². The molecule has 11 rings (SSSR count). The lowest BCUT2D eigenvalue weighted by Crippen LogP contribution is -2.11. The molecule has 0 saturated heterocycles. The highest BCUT2D eigenvalue weighted by atomic mass is 15.1. The number of nitrogens with zero attached hydrogens (tertiary/aromatic N) is 2. The molecule has 0 N–H and O–H groups in total. The van der Waals surface area contributed by atoms with Crippen molar-refractivity contribution in [3.63, 3.8) is 0 Å². The fraction of sp³-hybridized carbons (Fsp3) is 0. The summed E-state index contributed by atoms with van der Waals surface area (Å²) >= 11 is 0. The monoisotopic (exact) mass is 712 g/mol. The van der Waals surface area contributed by atoms with Crippen LogP contribution in [0.1, 0.15) is 0 Å². The number of anilines is 3. The molecule has 2 heteroatoms. The van der Waals surface area contributed by atoms with Gasteiger partial charge in [0.15, 0.2) is 0 Å². The van der Waals surface area contributed by atoms with Crippen molar-refractivity contribution in [2.75, 3.05) is 4.90 Å². The molecule has 0 aliphatic rings. The number of benzene rings is 10. The maximum Gasteiger partial charge on any atom is 0.0541 e. The molecule has 1 heterocycles. The summed E-state index contributed by atoms with van der Waals surface area (Å²) in [6.45, 7) is 0. The van der Waals surface area contributed by atoms with Crippen molar-refractivity contribution in [3.05, 3.63) is 218 Å². The average molecular weight is 713 g/mol. The van der Waals surface area contributed by atoms with E-state index < -0.39 is 0 Å². The number of hydrogen-bond acceptors (Lipinski definition) is 1. The summed E-state index contributed by atoms with van der Waals surface area (Å²) in [5, 5.41) is 10.0. The Bertz CT molecular complexity index is 3250. The Morgan fingerprint density at radius 1 is 0.304 bits per heavy atom. The summed E-state index contributed by atoms with van der Waals surface area (Å²) in [5.74, 6) is 0. The number of rotatable bonds is 6. The minimum Gasteiger partial charge on any atom is -0.310 e. The topological polar surface area (TPSA) is 8.17 Å². The van der Waals surface area contributed by atoms with E-state index in [0.717, 1.165) is 22.7 Å². The second-order valence-electron chi connectivity index (χ2n) is 14.5. The molecule has 11 aromatic rings. The molecule has 0 amide bonds. The van der Waals surface area contributed by atoms with Crippen LogP contribution in [0.5, 0.6) is 0 Å². The summed E-state index contributed by atoms with van der Waals surface area (Å²) in [4.78, 5) is 2.42. The van der Waals surface area contributed by atoms with E-state index in [1.807, 2.05) is 0 Å². The molecule has 0 bridgehead atoms. The number of para-hydroxylation sites is 3. The minimum atomic E-state index is 1.10. The molecule has 0 unspecified atom stereocenters. The standard InChI is InChI=1S/C54H36N2/c1-2-16-42(17-3-1)56-53-24-11-9-20-50(53)51-36-41(29-34-54(51)56)47-19-8-10-23-52(47)55(44-32-25-37-13-4-5-15-40(37)35-44)43-30-26-39(27-31-43)46-21-12-22-48-45-18-7-6-14-38(45)28-33-49(46)48/h1-36H. The van der Waals surface area contributed by atoms with Gasteiger partial charge in [0, 0.05) is 33.4 Å². The third-order valence-electron chi connectivity index (χ3n) is 11.4. The highest BCUT2D eigenvalue weighted by Gasteiger charge is 2.20. The van der Waals surface area contributed by atoms with Crippen LogP contribution in [0, 0.1) is 0 Å². The highest BCUT2D eigenvalue weighted by molar-refractivity contribution is 6.13. The predicted octanol–water partition coefficient (Wildman–Crippen LogP) is 15.0. The normalized spacial score (nSPS) is 11.6. The fourth-order valence-electron chi connectivity index (χ4n) is 8.73. The molecule has 0 fully saturated rings. The van der Waals surface area contributed by atoms with Gasteiger partial charge in [-0.25, -0.2) is 0 Å². The van der Waals surface area contributed by atoms with E-state index in [-0.39, 0.29) is 0 Å². The van der Waals surface area contributed by atoms with Crippen LogP contribution in [-0.4, -0.2) is 4.57 Å². The first-order chi connectivity index (χ1) is 27.8. The number of aromatic nitrogens is 1. The summed E-state index contributed by atoms with van der Waals surface area (Å²) < 4.78 is 2.38. The fourth-order valence-corrected chi connectivity index (χ4v) is 8.73. The maximum absolute atomic E-state index is 2.42. The van der Waals surface area contributed by atoms with Gasteiger partial charge in [-0.05, 0) is 110 Å². The second kappa shape index (κ2) is 13.2. The molecule has 0 spiro atoms. The molecule has 1 aromatic heterocycles. The molecule has 2 nitrogen and oxygen atoms in total. The SMILES string of the molecule is c1ccc(-n2c3ccccc3c3cc(-c4ccccc4N(c4ccc(-c5cccc6c5ccc5ccccc56)cc4)c4ccc5ccccc5c4)ccc32)cc1. The van der Waals surface area contributed by atoms with Crippen molar-refractivity contribution in [1.82, 2.24) is 4.57 Å². The molecule has 0 aliphatic heterocycles. The van der Waals surface area contributed by atoms with E-state index in [4.69, 9.17) is 0 Å². The zero-order valence-corrected chi connectivity index (χ0v) is 30.7. The van der Waals surface area contributed by atoms with Crippen LogP contribution in [0.15, 0.2) is 218 Å². The van der Waals surface area contributed by atoms with Crippen LogP contribution >= 0.6 is 0 Å². The summed E-state index contributed by atoms with van der Waals surface area (Å²) in [7, 11) is 0. The predicted molar refractivity (Wildman–Crippen MR) is 239 cm³/mol. The van der Waals surface area contributed by atoms with Crippen molar-refractivity contribution in [2.45, 2.75) is 0 Å². The Morgan fingerprint density at radius 3 is 1.80 bits per heavy atom. The van der Waals surface area contributed by atoms with Crippen LogP contribution in [-0.2, 0) is 0 Å². The Balaban J connectivity index is 1.08. The quantitative estimate of drug-likeness (QED) is 0.156. The minimum absolute atomic E-state index is 1.10. The van der Waals surface area contributed by atoms with Crippen molar-refractivity contribution >= 4 is 71.2 Å². The van der Waals surface area contributed by atoms with Crippen molar-refractivity contribution in [1.29, 1.82) is 0 Å². The van der Waals surface area contributed by atoms with Gasteiger partial charge in [0.1, 0.15) is 0 Å². The van der Waals surface area contributed by atoms with Crippen LogP contribution in [0.4, 0.5) is 17.1 Å². The van der Waals surface area contributed by atoms with Gasteiger partial charge in [-0.1, -0.05) is 158 Å². The summed E-state index contributed by atoms with van der Waals surface area (Å²) in [6, 6.07) is 79.5. The van der Waals surface area contributed by atoms with Gasteiger partial charge in [0.2, 0.25) is 0 Å². The maximum atomic E-state index is 2.42. The first-order valence-electron chi connectivity index (χ1n) is 19.3. The molecule has 0 radical (unpaired) electrons. The van der Waals surface area contributed by atoms with Gasteiger partial charge in [0.05, 0.1) is 16.7 Å². The van der Waals surface area contributed by atoms with Gasteiger partial charge in [-0.15, -0.1) is 0 Å². The van der Waals surface area contributed by atoms with E-state index in [1.165, 1.54) is 76.4 Å². The van der Waals surface area contributed by atoms with E-state index in [9.17, 15) is 0 Å². The van der Waals surface area contributed by atoms with E-state index in [1.54, 1.807) is 0 Å². The van der Waals surface area contributed by atoms with Crippen LogP contribution < -0.4 is 4.90 Å². The Hall–Kier alpha value is -7.42. The lowest BCUT2D eigenvalue weighted by Gasteiger charge is -2.28. The summed E-state index contributed by atoms with van der Waals surface area (Å²) in [6.07, 6.45) is 0. The molecular formula is C54H36N2. The van der Waals surface area contributed by atoms with E-state index in [2.05, 4.69) is 228 Å². The third kappa shape index (κ3) is 5.26. The van der Waals surface area contributed by atoms with Crippen molar-refractivity contribution in [2.24, 2.45) is 0 Å². The zero-order chi connectivity index (χ0) is 37.0. The van der Waals surface area contributed by atoms with Crippen molar-refractivity contribution < 1.29 is 0 Å². The van der Waals surface area contributed by atoms with Gasteiger partial charge in [0.25, 0.3) is 0 Å². The van der Waals surface area contributed by atoms with Gasteiger partial charge in [-0.2, -0.15) is 0 Å². The van der Waals surface area contributed by atoms with Crippen LogP contribution in [0.3, 0.4) is 0 Å². The lowest BCUT2D eigenvalue weighted by atomic mass is 9.94. The van der Waals surface area contributed by atoms with Gasteiger partial charge in [-0.3, -0.25) is 0 Å². The van der Waals surface area contributed by atoms with E-state index in [0.29, 0.717) is 0 Å². The third-order valence-corrected chi connectivity index (χ3v) is 11.4. The molecule has 10 aromatic carbocycles. The van der Waals surface area contributed by atoms with Crippen molar-refractivity contribution in [3.8, 4) is 27.9 Å². The molecule has 56 heavy (non-hydrogen) atoms. The van der Waals surface area contributed by atoms with Gasteiger partial charge >= 0.3 is 0 Å². The Kier molecular flexibility index (Phi) is 7.53. The van der Waals surface area contributed by atoms with Crippen LogP contribution in [0.25, 0.3) is 82.1 Å². The Morgan fingerprint density at radius 2 is 0.929 bits per heavy atom. The van der Waals surface area contributed by atoms with Crippen LogP contribution in [0.2, 0.25) is 0 Å². The molecule has 0 aliphatic carbocycles. The first-order valence-corrected chi connectivity index (χ1v) is 19.3. The highest BCUT2D eigenvalue weighted by Crippen LogP contribution is 2.44. The first kappa shape index (κ1) is 32.0. The average Bonchev–Trinajstić information content (AvgIpc) is 3.60. The lowest BCUT2D eigenvalue weighted by molar-refractivity contribution is 1.18. The van der Waals surface area contributed by atoms with Gasteiger partial charge < -0.3 is 9.47 Å². The molecular weight excluding hydrogens is 677 g/mol. The number of fused-ring (bicyclic) bond motifs is 7.